The van der Waals surface area contributed by atoms with E-state index in [9.17, 15) is 0 Å². The fourth-order valence-corrected chi connectivity index (χ4v) is 5.96. The number of hydrogen-bond acceptors (Lipinski definition) is 3. The quantitative estimate of drug-likeness (QED) is 0.190. The van der Waals surface area contributed by atoms with Crippen molar-refractivity contribution in [1.82, 2.24) is 9.97 Å². The molecule has 2 heterocycles. The van der Waals surface area contributed by atoms with Crippen LogP contribution in [-0.4, -0.2) is 9.97 Å². The van der Waals surface area contributed by atoms with Crippen molar-refractivity contribution >= 4 is 37.9 Å². The van der Waals surface area contributed by atoms with Crippen LogP contribution in [0.4, 0.5) is 0 Å². The lowest BCUT2D eigenvalue weighted by molar-refractivity contribution is 0.669. The number of hydrogen-bond donors (Lipinski definition) is 0. The Morgan fingerprint density at radius 1 is 0.386 bits per heavy atom. The average Bonchev–Trinajstić information content (AvgIpc) is 3.47. The summed E-state index contributed by atoms with van der Waals surface area (Å²) < 4.78 is 7.26. The second kappa shape index (κ2) is 11.1. The first-order chi connectivity index (χ1) is 21.7. The SMILES string of the molecule is Brc1ccc(-c2cccc(-c3ccc(-c4cc(-c5ccccc5)nc(-c5ccc6c(c5)oc5ccccc56)n4)cc3)c2)cc1. The van der Waals surface area contributed by atoms with Crippen LogP contribution in [0.25, 0.3) is 78.1 Å². The van der Waals surface area contributed by atoms with Gasteiger partial charge in [-0.15, -0.1) is 0 Å². The van der Waals surface area contributed by atoms with E-state index in [1.165, 1.54) is 16.7 Å². The van der Waals surface area contributed by atoms with Crippen molar-refractivity contribution in [3.63, 3.8) is 0 Å². The third-order valence-electron chi connectivity index (χ3n) is 7.99. The largest absolute Gasteiger partial charge is 0.456 e. The molecule has 0 radical (unpaired) electrons. The molecule has 0 fully saturated rings. The fourth-order valence-electron chi connectivity index (χ4n) is 5.70. The van der Waals surface area contributed by atoms with Gasteiger partial charge in [0.2, 0.25) is 0 Å². The standard InChI is InChI=1S/C40H25BrN2O/c41-33-20-17-27(18-21-33)31-10-6-9-30(23-31)26-13-15-29(16-14-26)37-25-36(28-7-2-1-3-8-28)42-40(43-37)32-19-22-35-34-11-4-5-12-38(34)44-39(35)24-32/h1-25H. The number of fused-ring (bicyclic) bond motifs is 3. The van der Waals surface area contributed by atoms with E-state index in [0.29, 0.717) is 5.82 Å². The second-order valence-electron chi connectivity index (χ2n) is 10.8. The Labute approximate surface area is 263 Å². The van der Waals surface area contributed by atoms with Gasteiger partial charge in [0.15, 0.2) is 5.82 Å². The number of para-hydroxylation sites is 1. The van der Waals surface area contributed by atoms with Gasteiger partial charge in [0.1, 0.15) is 11.2 Å². The fraction of sp³-hybridized carbons (Fsp3) is 0. The van der Waals surface area contributed by atoms with Crippen molar-refractivity contribution < 1.29 is 4.42 Å². The van der Waals surface area contributed by atoms with Gasteiger partial charge in [0, 0.05) is 31.9 Å². The van der Waals surface area contributed by atoms with Gasteiger partial charge in [0.25, 0.3) is 0 Å². The minimum atomic E-state index is 0.662. The molecule has 0 atom stereocenters. The molecule has 6 aromatic carbocycles. The normalized spacial score (nSPS) is 11.3. The molecule has 0 aliphatic carbocycles. The lowest BCUT2D eigenvalue weighted by Crippen LogP contribution is -1.96. The maximum Gasteiger partial charge on any atom is 0.160 e. The smallest absolute Gasteiger partial charge is 0.160 e. The van der Waals surface area contributed by atoms with Crippen molar-refractivity contribution in [3.05, 3.63) is 156 Å². The molecular formula is C40H25BrN2O. The average molecular weight is 630 g/mol. The summed E-state index contributed by atoms with van der Waals surface area (Å²) in [5.41, 5.74) is 11.1. The number of furan rings is 1. The maximum absolute atomic E-state index is 6.18. The number of aromatic nitrogens is 2. The zero-order valence-corrected chi connectivity index (χ0v) is 25.2. The van der Waals surface area contributed by atoms with Crippen molar-refractivity contribution in [3.8, 4) is 56.2 Å². The van der Waals surface area contributed by atoms with Crippen molar-refractivity contribution in [2.45, 2.75) is 0 Å². The molecule has 2 aromatic heterocycles. The lowest BCUT2D eigenvalue weighted by Gasteiger charge is -2.11. The summed E-state index contributed by atoms with van der Waals surface area (Å²) in [6, 6.07) is 52.4. The molecule has 0 N–H and O–H groups in total. The number of nitrogens with zero attached hydrogens (tertiary/aromatic N) is 2. The third-order valence-corrected chi connectivity index (χ3v) is 8.52. The molecule has 0 amide bonds. The van der Waals surface area contributed by atoms with Gasteiger partial charge in [-0.2, -0.15) is 0 Å². The highest BCUT2D eigenvalue weighted by atomic mass is 79.9. The minimum Gasteiger partial charge on any atom is -0.456 e. The topological polar surface area (TPSA) is 38.9 Å². The van der Waals surface area contributed by atoms with E-state index in [1.807, 2.05) is 42.5 Å². The summed E-state index contributed by atoms with van der Waals surface area (Å²) in [5.74, 6) is 0.662. The van der Waals surface area contributed by atoms with Crippen molar-refractivity contribution in [2.24, 2.45) is 0 Å². The van der Waals surface area contributed by atoms with Crippen LogP contribution in [0.3, 0.4) is 0 Å². The molecule has 3 nitrogen and oxygen atoms in total. The molecule has 0 aliphatic heterocycles. The van der Waals surface area contributed by atoms with E-state index in [-0.39, 0.29) is 0 Å². The van der Waals surface area contributed by atoms with Gasteiger partial charge < -0.3 is 4.42 Å². The third kappa shape index (κ3) is 5.00. The van der Waals surface area contributed by atoms with Crippen LogP contribution in [0.1, 0.15) is 0 Å². The molecule has 44 heavy (non-hydrogen) atoms. The van der Waals surface area contributed by atoms with Crippen LogP contribution in [0.15, 0.2) is 161 Å². The molecule has 4 heteroatoms. The number of rotatable bonds is 5. The first kappa shape index (κ1) is 26.3. The molecule has 8 rings (SSSR count). The minimum absolute atomic E-state index is 0.662. The molecule has 0 saturated heterocycles. The highest BCUT2D eigenvalue weighted by Crippen LogP contribution is 2.34. The molecule has 0 aliphatic rings. The first-order valence-electron chi connectivity index (χ1n) is 14.5. The predicted molar refractivity (Wildman–Crippen MR) is 184 cm³/mol. The van der Waals surface area contributed by atoms with Gasteiger partial charge in [0.05, 0.1) is 11.4 Å². The molecule has 0 spiro atoms. The van der Waals surface area contributed by atoms with Crippen molar-refractivity contribution in [2.75, 3.05) is 0 Å². The lowest BCUT2D eigenvalue weighted by atomic mass is 9.98. The van der Waals surface area contributed by atoms with E-state index < -0.39 is 0 Å². The summed E-state index contributed by atoms with van der Waals surface area (Å²) in [7, 11) is 0. The van der Waals surface area contributed by atoms with E-state index >= 15 is 0 Å². The Kier molecular flexibility index (Phi) is 6.62. The first-order valence-corrected chi connectivity index (χ1v) is 15.3. The Morgan fingerprint density at radius 3 is 1.66 bits per heavy atom. The highest BCUT2D eigenvalue weighted by Gasteiger charge is 2.14. The summed E-state index contributed by atoms with van der Waals surface area (Å²) in [6.07, 6.45) is 0. The van der Waals surface area contributed by atoms with E-state index in [4.69, 9.17) is 14.4 Å². The van der Waals surface area contributed by atoms with Gasteiger partial charge in [-0.25, -0.2) is 9.97 Å². The molecular weight excluding hydrogens is 604 g/mol. The maximum atomic E-state index is 6.18. The van der Waals surface area contributed by atoms with E-state index in [2.05, 4.69) is 125 Å². The Balaban J connectivity index is 1.19. The van der Waals surface area contributed by atoms with Crippen LogP contribution in [0.5, 0.6) is 0 Å². The molecule has 0 bridgehead atoms. The monoisotopic (exact) mass is 628 g/mol. The van der Waals surface area contributed by atoms with E-state index in [0.717, 1.165) is 60.1 Å². The molecule has 0 saturated carbocycles. The van der Waals surface area contributed by atoms with Gasteiger partial charge in [-0.3, -0.25) is 0 Å². The van der Waals surface area contributed by atoms with Gasteiger partial charge in [-0.1, -0.05) is 125 Å². The van der Waals surface area contributed by atoms with Crippen LogP contribution >= 0.6 is 15.9 Å². The van der Waals surface area contributed by atoms with E-state index in [1.54, 1.807) is 0 Å². The summed E-state index contributed by atoms with van der Waals surface area (Å²) in [4.78, 5) is 10.1. The Morgan fingerprint density at radius 2 is 0.932 bits per heavy atom. The zero-order chi connectivity index (χ0) is 29.5. The summed E-state index contributed by atoms with van der Waals surface area (Å²) >= 11 is 3.53. The van der Waals surface area contributed by atoms with Gasteiger partial charge >= 0.3 is 0 Å². The van der Waals surface area contributed by atoms with Crippen LogP contribution in [0, 0.1) is 0 Å². The summed E-state index contributed by atoms with van der Waals surface area (Å²) in [6.45, 7) is 0. The van der Waals surface area contributed by atoms with Crippen LogP contribution in [-0.2, 0) is 0 Å². The molecule has 0 unspecified atom stereocenters. The van der Waals surface area contributed by atoms with Crippen LogP contribution < -0.4 is 0 Å². The predicted octanol–water partition coefficient (Wildman–Crippen LogP) is 11.5. The second-order valence-corrected chi connectivity index (χ2v) is 11.7. The Hall–Kier alpha value is -5.32. The Bertz CT molecular complexity index is 2270. The number of halogens is 1. The summed E-state index contributed by atoms with van der Waals surface area (Å²) in [5, 5.41) is 2.19. The van der Waals surface area contributed by atoms with Gasteiger partial charge in [-0.05, 0) is 64.7 Å². The molecule has 8 aromatic rings. The zero-order valence-electron chi connectivity index (χ0n) is 23.6. The van der Waals surface area contributed by atoms with Crippen LogP contribution in [0.2, 0.25) is 0 Å². The molecule has 208 valence electrons. The van der Waals surface area contributed by atoms with Crippen molar-refractivity contribution in [1.29, 1.82) is 0 Å². The number of benzene rings is 6. The highest BCUT2D eigenvalue weighted by molar-refractivity contribution is 9.10.